The van der Waals surface area contributed by atoms with Crippen LogP contribution < -0.4 is 4.90 Å². The summed E-state index contributed by atoms with van der Waals surface area (Å²) in [7, 11) is -3.73. The summed E-state index contributed by atoms with van der Waals surface area (Å²) in [6.07, 6.45) is 1.70. The van der Waals surface area contributed by atoms with Gasteiger partial charge in [-0.3, -0.25) is 9.69 Å². The van der Waals surface area contributed by atoms with Gasteiger partial charge in [0.25, 0.3) is 0 Å². The lowest BCUT2D eigenvalue weighted by Crippen LogP contribution is -2.33. The van der Waals surface area contributed by atoms with Crippen molar-refractivity contribution in [3.63, 3.8) is 0 Å². The molecule has 1 aromatic heterocycles. The first kappa shape index (κ1) is 16.8. The molecule has 8 heteroatoms. The Kier molecular flexibility index (Phi) is 3.86. The quantitative estimate of drug-likeness (QED) is 0.730. The molecule has 0 unspecified atom stereocenters. The molecule has 4 rings (SSSR count). The number of nitrogens with zero attached hydrogens (tertiary/aromatic N) is 2. The van der Waals surface area contributed by atoms with Gasteiger partial charge in [-0.25, -0.2) is 13.4 Å². The van der Waals surface area contributed by atoms with Crippen LogP contribution in [0.4, 0.5) is 11.4 Å². The van der Waals surface area contributed by atoms with E-state index in [-0.39, 0.29) is 27.8 Å². The van der Waals surface area contributed by atoms with Crippen molar-refractivity contribution in [2.75, 3.05) is 4.90 Å². The topological polar surface area (TPSA) is 83.1 Å². The van der Waals surface area contributed by atoms with Gasteiger partial charge in [0.15, 0.2) is 0 Å². The Morgan fingerprint density at radius 3 is 2.62 bits per heavy atom. The minimum absolute atomic E-state index is 0.0324. The van der Waals surface area contributed by atoms with Crippen molar-refractivity contribution in [3.05, 3.63) is 65.2 Å². The van der Waals surface area contributed by atoms with Gasteiger partial charge in [-0.05, 0) is 37.3 Å². The largest absolute Gasteiger partial charge is 0.349 e. The number of aromatic nitrogens is 2. The van der Waals surface area contributed by atoms with E-state index >= 15 is 0 Å². The molecule has 26 heavy (non-hydrogen) atoms. The van der Waals surface area contributed by atoms with Crippen molar-refractivity contribution in [2.45, 2.75) is 23.1 Å². The van der Waals surface area contributed by atoms with Gasteiger partial charge in [0.2, 0.25) is 15.7 Å². The standard InChI is InChI=1S/C18H14ClN3O3S/c1-11-20-10-13(21-11)9-18(23)22-14-4-2-3-5-16(14)26(24,25)17-7-6-12(19)8-15(17)22/h2-8,10H,9H2,1H3,(H,20,21). The summed E-state index contributed by atoms with van der Waals surface area (Å²) in [5, 5.41) is 0.353. The first-order chi connectivity index (χ1) is 12.4. The van der Waals surface area contributed by atoms with Crippen LogP contribution in [0.1, 0.15) is 11.5 Å². The molecular weight excluding hydrogens is 374 g/mol. The number of fused-ring (bicyclic) bond motifs is 2. The van der Waals surface area contributed by atoms with Crippen LogP contribution in [0.3, 0.4) is 0 Å². The van der Waals surface area contributed by atoms with E-state index in [0.29, 0.717) is 22.2 Å². The Bertz CT molecular complexity index is 1140. The van der Waals surface area contributed by atoms with Crippen LogP contribution in [-0.4, -0.2) is 24.3 Å². The fraction of sp³-hybridized carbons (Fsp3) is 0.111. The second-order valence-corrected chi connectivity index (χ2v) is 8.29. The maximum atomic E-state index is 13.1. The lowest BCUT2D eigenvalue weighted by atomic mass is 10.2. The summed E-state index contributed by atoms with van der Waals surface area (Å²) >= 11 is 6.08. The molecule has 6 nitrogen and oxygen atoms in total. The Morgan fingerprint density at radius 1 is 1.15 bits per heavy atom. The van der Waals surface area contributed by atoms with Crippen LogP contribution in [0.25, 0.3) is 0 Å². The number of H-pyrrole nitrogens is 1. The predicted octanol–water partition coefficient (Wildman–Crippen LogP) is 3.43. The number of benzene rings is 2. The number of rotatable bonds is 2. The summed E-state index contributed by atoms with van der Waals surface area (Å²) in [6.45, 7) is 1.80. The molecule has 0 saturated carbocycles. The number of para-hydroxylation sites is 1. The fourth-order valence-corrected chi connectivity index (χ4v) is 4.84. The average Bonchev–Trinajstić information content (AvgIpc) is 2.99. The predicted molar refractivity (Wildman–Crippen MR) is 97.5 cm³/mol. The number of aromatic amines is 1. The molecule has 0 saturated heterocycles. The molecule has 1 N–H and O–H groups in total. The van der Waals surface area contributed by atoms with Crippen molar-refractivity contribution in [3.8, 4) is 0 Å². The maximum absolute atomic E-state index is 13.1. The highest BCUT2D eigenvalue weighted by atomic mass is 35.5. The summed E-state index contributed by atoms with van der Waals surface area (Å²) in [5.74, 6) is 0.417. The van der Waals surface area contributed by atoms with E-state index in [1.165, 1.54) is 29.2 Å². The number of halogens is 1. The molecule has 2 aromatic carbocycles. The number of carbonyl (C=O) groups is 1. The molecule has 1 aliphatic rings. The highest BCUT2D eigenvalue weighted by Crippen LogP contribution is 2.45. The second-order valence-electron chi connectivity index (χ2n) is 5.97. The second kappa shape index (κ2) is 5.96. The summed E-state index contributed by atoms with van der Waals surface area (Å²) < 4.78 is 25.9. The van der Waals surface area contributed by atoms with Crippen molar-refractivity contribution >= 4 is 38.7 Å². The number of hydrogen-bond donors (Lipinski definition) is 1. The van der Waals surface area contributed by atoms with Crippen LogP contribution in [0, 0.1) is 6.92 Å². The summed E-state index contributed by atoms with van der Waals surface area (Å²) in [5.41, 5.74) is 1.16. The molecule has 1 aliphatic heterocycles. The first-order valence-electron chi connectivity index (χ1n) is 7.85. The number of carbonyl (C=O) groups excluding carboxylic acids is 1. The molecule has 0 spiro atoms. The molecule has 132 valence electrons. The molecule has 0 radical (unpaired) electrons. The normalized spacial score (nSPS) is 14.6. The van der Waals surface area contributed by atoms with Crippen LogP contribution in [0.2, 0.25) is 5.02 Å². The molecular formula is C18H14ClN3O3S. The van der Waals surface area contributed by atoms with Crippen molar-refractivity contribution in [1.82, 2.24) is 9.97 Å². The summed E-state index contributed by atoms with van der Waals surface area (Å²) in [4.78, 5) is 21.8. The zero-order chi connectivity index (χ0) is 18.5. The number of nitrogens with one attached hydrogen (secondary N) is 1. The molecule has 3 aromatic rings. The zero-order valence-electron chi connectivity index (χ0n) is 13.7. The minimum Gasteiger partial charge on any atom is -0.349 e. The molecule has 0 bridgehead atoms. The average molecular weight is 388 g/mol. The Hall–Kier alpha value is -2.64. The van der Waals surface area contributed by atoms with E-state index in [4.69, 9.17) is 11.6 Å². The Balaban J connectivity index is 1.89. The van der Waals surface area contributed by atoms with E-state index in [1.807, 2.05) is 0 Å². The van der Waals surface area contributed by atoms with Gasteiger partial charge in [0, 0.05) is 11.2 Å². The molecule has 0 aliphatic carbocycles. The van der Waals surface area contributed by atoms with Gasteiger partial charge in [-0.1, -0.05) is 23.7 Å². The lowest BCUT2D eigenvalue weighted by Gasteiger charge is -2.31. The third kappa shape index (κ3) is 2.60. The Labute approximate surface area is 155 Å². The van der Waals surface area contributed by atoms with Crippen LogP contribution >= 0.6 is 11.6 Å². The van der Waals surface area contributed by atoms with Gasteiger partial charge < -0.3 is 4.98 Å². The number of anilines is 2. The van der Waals surface area contributed by atoms with Crippen LogP contribution in [0.5, 0.6) is 0 Å². The van der Waals surface area contributed by atoms with Crippen molar-refractivity contribution in [2.24, 2.45) is 0 Å². The number of aryl methyl sites for hydroxylation is 1. The lowest BCUT2D eigenvalue weighted by molar-refractivity contribution is -0.117. The Morgan fingerprint density at radius 2 is 1.88 bits per heavy atom. The third-order valence-electron chi connectivity index (χ3n) is 4.19. The van der Waals surface area contributed by atoms with E-state index in [1.54, 1.807) is 31.3 Å². The van der Waals surface area contributed by atoms with Crippen molar-refractivity contribution in [1.29, 1.82) is 0 Å². The van der Waals surface area contributed by atoms with E-state index in [2.05, 4.69) is 9.97 Å². The zero-order valence-corrected chi connectivity index (χ0v) is 15.3. The van der Waals surface area contributed by atoms with Gasteiger partial charge in [-0.2, -0.15) is 0 Å². The molecule has 0 fully saturated rings. The fourth-order valence-electron chi connectivity index (χ4n) is 3.07. The first-order valence-corrected chi connectivity index (χ1v) is 9.71. The highest BCUT2D eigenvalue weighted by molar-refractivity contribution is 7.92. The number of amides is 1. The smallest absolute Gasteiger partial charge is 0.237 e. The third-order valence-corrected chi connectivity index (χ3v) is 6.27. The van der Waals surface area contributed by atoms with Gasteiger partial charge in [0.05, 0.1) is 33.3 Å². The minimum atomic E-state index is -3.73. The highest BCUT2D eigenvalue weighted by Gasteiger charge is 2.36. The van der Waals surface area contributed by atoms with Gasteiger partial charge in [0.1, 0.15) is 5.82 Å². The van der Waals surface area contributed by atoms with Crippen LogP contribution in [-0.2, 0) is 21.1 Å². The van der Waals surface area contributed by atoms with Gasteiger partial charge >= 0.3 is 0 Å². The van der Waals surface area contributed by atoms with E-state index in [0.717, 1.165) is 0 Å². The molecule has 2 heterocycles. The number of sulfone groups is 1. The van der Waals surface area contributed by atoms with Gasteiger partial charge in [-0.15, -0.1) is 0 Å². The number of hydrogen-bond acceptors (Lipinski definition) is 4. The van der Waals surface area contributed by atoms with E-state index < -0.39 is 9.84 Å². The van der Waals surface area contributed by atoms with Crippen molar-refractivity contribution < 1.29 is 13.2 Å². The monoisotopic (exact) mass is 387 g/mol. The van der Waals surface area contributed by atoms with E-state index in [9.17, 15) is 13.2 Å². The maximum Gasteiger partial charge on any atom is 0.237 e. The number of imidazole rings is 1. The SMILES string of the molecule is Cc1nc(CC(=O)N2c3ccccc3S(=O)(=O)c3ccc(Cl)cc32)c[nH]1. The summed E-state index contributed by atoms with van der Waals surface area (Å²) in [6, 6.07) is 10.9. The molecule has 0 atom stereocenters. The van der Waals surface area contributed by atoms with Crippen LogP contribution in [0.15, 0.2) is 58.5 Å². The molecule has 1 amide bonds.